The smallest absolute Gasteiger partial charge is 0.131 e. The van der Waals surface area contributed by atoms with Gasteiger partial charge in [-0.3, -0.25) is 0 Å². The van der Waals surface area contributed by atoms with Crippen molar-refractivity contribution in [3.63, 3.8) is 0 Å². The van der Waals surface area contributed by atoms with Gasteiger partial charge in [0.1, 0.15) is 11.5 Å². The number of hydrogen-bond acceptors (Lipinski definition) is 2. The van der Waals surface area contributed by atoms with Crippen molar-refractivity contribution in [1.29, 1.82) is 0 Å². The van der Waals surface area contributed by atoms with E-state index in [-0.39, 0.29) is 0 Å². The summed E-state index contributed by atoms with van der Waals surface area (Å²) in [5.74, 6) is 1.44. The first-order valence-corrected chi connectivity index (χ1v) is 8.15. The molecule has 5 heteroatoms. The van der Waals surface area contributed by atoms with E-state index in [9.17, 15) is 0 Å². The molecule has 0 bridgehead atoms. The molecule has 2 aromatic carbocycles. The van der Waals surface area contributed by atoms with Crippen molar-refractivity contribution in [2.24, 2.45) is 4.99 Å². The van der Waals surface area contributed by atoms with Crippen LogP contribution in [0.4, 0.5) is 5.69 Å². The van der Waals surface area contributed by atoms with Crippen molar-refractivity contribution in [2.75, 3.05) is 13.6 Å². The minimum Gasteiger partial charge on any atom is -0.457 e. The first-order chi connectivity index (χ1) is 10.9. The summed E-state index contributed by atoms with van der Waals surface area (Å²) >= 11 is 12.4. The lowest BCUT2D eigenvalue weighted by atomic mass is 10.2. The van der Waals surface area contributed by atoms with Crippen LogP contribution in [-0.2, 0) is 0 Å². The van der Waals surface area contributed by atoms with Crippen molar-refractivity contribution in [1.82, 2.24) is 4.90 Å². The Hall–Kier alpha value is -1.71. The van der Waals surface area contributed by atoms with Crippen molar-refractivity contribution >= 4 is 35.2 Å². The van der Waals surface area contributed by atoms with Crippen LogP contribution in [0.2, 0.25) is 10.0 Å². The van der Waals surface area contributed by atoms with Gasteiger partial charge in [0.05, 0.1) is 17.0 Å². The number of aryl methyl sites for hydroxylation is 2. The van der Waals surface area contributed by atoms with Crippen molar-refractivity contribution < 1.29 is 4.74 Å². The molecule has 0 spiro atoms. The lowest BCUT2D eigenvalue weighted by Crippen LogP contribution is -2.14. The first-order valence-electron chi connectivity index (χ1n) is 7.39. The lowest BCUT2D eigenvalue weighted by Gasteiger charge is -2.12. The Morgan fingerprint density at radius 1 is 1.09 bits per heavy atom. The Balaban J connectivity index is 2.25. The Morgan fingerprint density at radius 2 is 1.83 bits per heavy atom. The van der Waals surface area contributed by atoms with E-state index in [0.29, 0.717) is 10.8 Å². The third-order valence-corrected chi connectivity index (χ3v) is 4.22. The summed E-state index contributed by atoms with van der Waals surface area (Å²) in [5, 5.41) is 1.27. The summed E-state index contributed by atoms with van der Waals surface area (Å²) in [6, 6.07) is 9.27. The molecule has 0 N–H and O–H groups in total. The number of ether oxygens (including phenoxy) is 1. The predicted molar refractivity (Wildman–Crippen MR) is 98.9 cm³/mol. The molecule has 122 valence electrons. The fourth-order valence-electron chi connectivity index (χ4n) is 1.91. The number of benzene rings is 2. The second-order valence-electron chi connectivity index (χ2n) is 5.40. The van der Waals surface area contributed by atoms with Crippen LogP contribution in [0.25, 0.3) is 0 Å². The van der Waals surface area contributed by atoms with Crippen LogP contribution < -0.4 is 4.74 Å². The maximum atomic E-state index is 6.32. The van der Waals surface area contributed by atoms with Gasteiger partial charge in [0.25, 0.3) is 0 Å². The molecule has 0 atom stereocenters. The SMILES string of the molecule is CCN(C)C=Nc1cc(C)c(Oc2ccc(Cl)c(C)c2)cc1Cl. The van der Waals surface area contributed by atoms with Gasteiger partial charge in [-0.1, -0.05) is 23.2 Å². The standard InChI is InChI=1S/C18H20Cl2N2O/c1-5-22(4)11-21-17-9-13(3)18(10-16(17)20)23-14-6-7-15(19)12(2)8-14/h6-11H,5H2,1-4H3. The number of rotatable bonds is 5. The number of aliphatic imine (C=N–C) groups is 1. The summed E-state index contributed by atoms with van der Waals surface area (Å²) in [5.41, 5.74) is 2.66. The summed E-state index contributed by atoms with van der Waals surface area (Å²) in [7, 11) is 1.96. The fraction of sp³-hybridized carbons (Fsp3) is 0.278. The van der Waals surface area contributed by atoms with Crippen molar-refractivity contribution in [3.05, 3.63) is 51.5 Å². The van der Waals surface area contributed by atoms with Gasteiger partial charge < -0.3 is 9.64 Å². The minimum absolute atomic E-state index is 0.553. The second kappa shape index (κ2) is 7.71. The van der Waals surface area contributed by atoms with Gasteiger partial charge in [-0.25, -0.2) is 4.99 Å². The van der Waals surface area contributed by atoms with E-state index >= 15 is 0 Å². The number of nitrogens with zero attached hydrogens (tertiary/aromatic N) is 2. The molecule has 2 aromatic rings. The largest absolute Gasteiger partial charge is 0.457 e. The van der Waals surface area contributed by atoms with Crippen LogP contribution in [-0.4, -0.2) is 24.8 Å². The highest BCUT2D eigenvalue weighted by molar-refractivity contribution is 6.33. The molecule has 0 saturated carbocycles. The fourth-order valence-corrected chi connectivity index (χ4v) is 2.23. The van der Waals surface area contributed by atoms with Gasteiger partial charge >= 0.3 is 0 Å². The Bertz CT molecular complexity index is 729. The van der Waals surface area contributed by atoms with Crippen LogP contribution >= 0.6 is 23.2 Å². The van der Waals surface area contributed by atoms with Gasteiger partial charge in [0, 0.05) is 24.7 Å². The Morgan fingerprint density at radius 3 is 2.48 bits per heavy atom. The van der Waals surface area contributed by atoms with Crippen LogP contribution in [0.5, 0.6) is 11.5 Å². The molecule has 0 aliphatic heterocycles. The predicted octanol–water partition coefficient (Wildman–Crippen LogP) is 6.01. The van der Waals surface area contributed by atoms with Gasteiger partial charge in [0.2, 0.25) is 0 Å². The van der Waals surface area contributed by atoms with E-state index in [1.54, 1.807) is 12.4 Å². The van der Waals surface area contributed by atoms with Crippen LogP contribution in [0.1, 0.15) is 18.1 Å². The van der Waals surface area contributed by atoms with E-state index in [0.717, 1.165) is 34.1 Å². The maximum Gasteiger partial charge on any atom is 0.131 e. The van der Waals surface area contributed by atoms with Gasteiger partial charge in [-0.05, 0) is 56.2 Å². The summed E-state index contributed by atoms with van der Waals surface area (Å²) in [6.45, 7) is 6.86. The number of halogens is 2. The van der Waals surface area contributed by atoms with Gasteiger partial charge in [-0.2, -0.15) is 0 Å². The zero-order valence-corrected chi connectivity index (χ0v) is 15.2. The summed E-state index contributed by atoms with van der Waals surface area (Å²) in [6.07, 6.45) is 1.77. The molecule has 2 rings (SSSR count). The molecule has 0 aliphatic carbocycles. The highest BCUT2D eigenvalue weighted by Gasteiger charge is 2.08. The van der Waals surface area contributed by atoms with E-state index in [1.807, 2.05) is 50.1 Å². The molecule has 0 radical (unpaired) electrons. The minimum atomic E-state index is 0.553. The van der Waals surface area contributed by atoms with Gasteiger partial charge in [-0.15, -0.1) is 0 Å². The molecular formula is C18H20Cl2N2O. The molecule has 0 aliphatic rings. The maximum absolute atomic E-state index is 6.32. The zero-order chi connectivity index (χ0) is 17.0. The average molecular weight is 351 g/mol. The molecule has 0 fully saturated rings. The van der Waals surface area contributed by atoms with Crippen molar-refractivity contribution in [2.45, 2.75) is 20.8 Å². The summed E-state index contributed by atoms with van der Waals surface area (Å²) in [4.78, 5) is 6.39. The van der Waals surface area contributed by atoms with Gasteiger partial charge in [0.15, 0.2) is 0 Å². The Labute approximate surface area is 147 Å². The molecule has 23 heavy (non-hydrogen) atoms. The highest BCUT2D eigenvalue weighted by atomic mass is 35.5. The molecule has 0 amide bonds. The third-order valence-electron chi connectivity index (χ3n) is 3.49. The van der Waals surface area contributed by atoms with E-state index in [1.165, 1.54) is 0 Å². The quantitative estimate of drug-likeness (QED) is 0.486. The highest BCUT2D eigenvalue weighted by Crippen LogP contribution is 2.35. The summed E-state index contributed by atoms with van der Waals surface area (Å²) < 4.78 is 5.92. The van der Waals surface area contributed by atoms with Crippen molar-refractivity contribution in [3.8, 4) is 11.5 Å². The van der Waals surface area contributed by atoms with Crippen LogP contribution in [0.3, 0.4) is 0 Å². The van der Waals surface area contributed by atoms with E-state index < -0.39 is 0 Å². The van der Waals surface area contributed by atoms with E-state index in [2.05, 4.69) is 11.9 Å². The Kier molecular flexibility index (Phi) is 5.91. The van der Waals surface area contributed by atoms with Crippen LogP contribution in [0, 0.1) is 13.8 Å². The molecule has 0 unspecified atom stereocenters. The average Bonchev–Trinajstić information content (AvgIpc) is 2.52. The topological polar surface area (TPSA) is 24.8 Å². The molecule has 0 heterocycles. The van der Waals surface area contributed by atoms with Crippen LogP contribution in [0.15, 0.2) is 35.3 Å². The molecule has 0 aromatic heterocycles. The van der Waals surface area contributed by atoms with E-state index in [4.69, 9.17) is 27.9 Å². The monoisotopic (exact) mass is 350 g/mol. The number of hydrogen-bond donors (Lipinski definition) is 0. The molecule has 3 nitrogen and oxygen atoms in total. The normalized spacial score (nSPS) is 11.0. The zero-order valence-electron chi connectivity index (χ0n) is 13.7. The first kappa shape index (κ1) is 17.6. The second-order valence-corrected chi connectivity index (χ2v) is 6.21. The molecule has 0 saturated heterocycles. The third kappa shape index (κ3) is 4.63. The lowest BCUT2D eigenvalue weighted by molar-refractivity contribution is 0.478. The molecular weight excluding hydrogens is 331 g/mol.